The van der Waals surface area contributed by atoms with Gasteiger partial charge in [-0.3, -0.25) is 4.72 Å². The van der Waals surface area contributed by atoms with Crippen molar-refractivity contribution in [2.24, 2.45) is 0 Å². The van der Waals surface area contributed by atoms with Crippen molar-refractivity contribution in [2.45, 2.75) is 17.7 Å². The normalized spacial score (nSPS) is 10.9. The fraction of sp³-hybridized carbons (Fsp3) is 0.188. The van der Waals surface area contributed by atoms with Crippen LogP contribution in [0.2, 0.25) is 5.02 Å². The summed E-state index contributed by atoms with van der Waals surface area (Å²) in [6.07, 6.45) is 0.0514. The first kappa shape index (κ1) is 18.2. The number of ether oxygens (including phenoxy) is 1. The van der Waals surface area contributed by atoms with Gasteiger partial charge in [-0.1, -0.05) is 17.7 Å². The van der Waals surface area contributed by atoms with Gasteiger partial charge in [-0.15, -0.1) is 0 Å². The van der Waals surface area contributed by atoms with E-state index in [1.54, 1.807) is 18.3 Å². The first-order chi connectivity index (χ1) is 12.5. The second kappa shape index (κ2) is 7.76. The van der Waals surface area contributed by atoms with Gasteiger partial charge in [0.05, 0.1) is 28.1 Å². The van der Waals surface area contributed by atoms with Crippen LogP contribution in [0.5, 0.6) is 5.88 Å². The molecule has 0 saturated heterocycles. The third-order valence-electron chi connectivity index (χ3n) is 3.52. The number of nitriles is 1. The molecule has 0 spiro atoms. The van der Waals surface area contributed by atoms with Crippen LogP contribution in [-0.2, 0) is 6.42 Å². The molecule has 0 atom stereocenters. The molecular formula is C16H12ClF2N5OS. The summed E-state index contributed by atoms with van der Waals surface area (Å²) in [6.45, 7) is 0. The average Bonchev–Trinajstić information content (AvgIpc) is 3.03. The van der Waals surface area contributed by atoms with E-state index in [-0.39, 0.29) is 17.4 Å². The monoisotopic (exact) mass is 395 g/mol. The molecule has 134 valence electrons. The van der Waals surface area contributed by atoms with Crippen LogP contribution in [0.4, 0.5) is 14.7 Å². The summed E-state index contributed by atoms with van der Waals surface area (Å²) in [5.41, 5.74) is 1.24. The zero-order valence-electron chi connectivity index (χ0n) is 13.4. The van der Waals surface area contributed by atoms with Crippen molar-refractivity contribution in [1.29, 1.82) is 5.26 Å². The van der Waals surface area contributed by atoms with Crippen molar-refractivity contribution >= 4 is 40.4 Å². The van der Waals surface area contributed by atoms with Crippen LogP contribution in [-0.4, -0.2) is 28.5 Å². The number of hydrogen-bond acceptors (Lipinski definition) is 6. The number of alkyl halides is 2. The molecule has 0 amide bonds. The van der Waals surface area contributed by atoms with Gasteiger partial charge in [0.1, 0.15) is 6.07 Å². The smallest absolute Gasteiger partial charge is 0.242 e. The Morgan fingerprint density at radius 1 is 1.46 bits per heavy atom. The number of aromatic amines is 1. The summed E-state index contributed by atoms with van der Waals surface area (Å²) in [6, 6.07) is 5.52. The largest absolute Gasteiger partial charge is 0.481 e. The van der Waals surface area contributed by atoms with Crippen LogP contribution < -0.4 is 9.46 Å². The molecule has 0 unspecified atom stereocenters. The maximum atomic E-state index is 12.5. The number of nitrogens with one attached hydrogen (secondary N) is 2. The summed E-state index contributed by atoms with van der Waals surface area (Å²) in [7, 11) is 1.36. The molecule has 26 heavy (non-hydrogen) atoms. The van der Waals surface area contributed by atoms with Crippen molar-refractivity contribution in [1.82, 2.24) is 15.0 Å². The number of nitrogens with zero attached hydrogens (tertiary/aromatic N) is 3. The van der Waals surface area contributed by atoms with E-state index in [0.717, 1.165) is 10.3 Å². The first-order valence-electron chi connectivity index (χ1n) is 7.34. The predicted octanol–water partition coefficient (Wildman–Crippen LogP) is 4.42. The van der Waals surface area contributed by atoms with Gasteiger partial charge in [0.2, 0.25) is 18.3 Å². The van der Waals surface area contributed by atoms with Crippen LogP contribution in [0.15, 0.2) is 29.4 Å². The van der Waals surface area contributed by atoms with Gasteiger partial charge in [0.15, 0.2) is 0 Å². The van der Waals surface area contributed by atoms with Gasteiger partial charge < -0.3 is 9.72 Å². The molecule has 0 bridgehead atoms. The highest BCUT2D eigenvalue weighted by molar-refractivity contribution is 8.00. The fourth-order valence-corrected chi connectivity index (χ4v) is 3.26. The van der Waals surface area contributed by atoms with Crippen LogP contribution >= 0.6 is 23.5 Å². The zero-order valence-corrected chi connectivity index (χ0v) is 15.0. The number of aromatic nitrogens is 3. The lowest BCUT2D eigenvalue weighted by molar-refractivity contribution is 0.147. The maximum absolute atomic E-state index is 12.5. The van der Waals surface area contributed by atoms with Gasteiger partial charge in [-0.25, -0.2) is 13.8 Å². The minimum atomic E-state index is -2.51. The van der Waals surface area contributed by atoms with Crippen LogP contribution in [0.1, 0.15) is 11.1 Å². The Labute approximate surface area is 156 Å². The summed E-state index contributed by atoms with van der Waals surface area (Å²) in [5, 5.41) is 10.4. The molecule has 1 aromatic carbocycles. The number of anilines is 1. The summed E-state index contributed by atoms with van der Waals surface area (Å²) >= 11 is 7.23. The summed E-state index contributed by atoms with van der Waals surface area (Å²) in [4.78, 5) is 11.9. The van der Waals surface area contributed by atoms with Crippen molar-refractivity contribution in [3.05, 3.63) is 40.7 Å². The van der Waals surface area contributed by atoms with Gasteiger partial charge in [0.25, 0.3) is 0 Å². The number of benzene rings is 1. The molecule has 3 aromatic rings. The van der Waals surface area contributed by atoms with E-state index in [1.807, 2.05) is 0 Å². The Bertz CT molecular complexity index is 989. The topological polar surface area (TPSA) is 86.6 Å². The molecule has 10 heteroatoms. The van der Waals surface area contributed by atoms with Gasteiger partial charge in [-0.2, -0.15) is 10.2 Å². The third-order valence-corrected chi connectivity index (χ3v) is 4.68. The SMILES string of the molecule is COc1nc(NSc2c[nH]c3c(C#N)c(Cl)ccc23)ncc1CC(F)F. The number of rotatable bonds is 6. The van der Waals surface area contributed by atoms with E-state index in [4.69, 9.17) is 16.3 Å². The highest BCUT2D eigenvalue weighted by Gasteiger charge is 2.15. The summed E-state index contributed by atoms with van der Waals surface area (Å²) < 4.78 is 33.1. The molecule has 0 aliphatic heterocycles. The molecule has 0 aliphatic rings. The maximum Gasteiger partial charge on any atom is 0.242 e. The Kier molecular flexibility index (Phi) is 5.44. The van der Waals surface area contributed by atoms with Gasteiger partial charge >= 0.3 is 0 Å². The highest BCUT2D eigenvalue weighted by Crippen LogP contribution is 2.33. The Hall–Kier alpha value is -2.57. The Morgan fingerprint density at radius 3 is 2.96 bits per heavy atom. The van der Waals surface area contributed by atoms with Crippen molar-refractivity contribution in [2.75, 3.05) is 11.8 Å². The van der Waals surface area contributed by atoms with E-state index in [0.29, 0.717) is 16.1 Å². The molecule has 6 nitrogen and oxygen atoms in total. The van der Waals surface area contributed by atoms with E-state index >= 15 is 0 Å². The highest BCUT2D eigenvalue weighted by atomic mass is 35.5. The molecule has 3 rings (SSSR count). The summed E-state index contributed by atoms with van der Waals surface area (Å²) in [5.74, 6) is 0.314. The average molecular weight is 396 g/mol. The second-order valence-electron chi connectivity index (χ2n) is 5.14. The van der Waals surface area contributed by atoms with Gasteiger partial charge in [0, 0.05) is 29.8 Å². The van der Waals surface area contributed by atoms with Crippen molar-refractivity contribution in [3.63, 3.8) is 0 Å². The van der Waals surface area contributed by atoms with Crippen molar-refractivity contribution in [3.8, 4) is 11.9 Å². The molecular weight excluding hydrogens is 384 g/mol. The minimum absolute atomic E-state index is 0.0980. The van der Waals surface area contributed by atoms with Crippen molar-refractivity contribution < 1.29 is 13.5 Å². The third kappa shape index (κ3) is 3.66. The minimum Gasteiger partial charge on any atom is -0.481 e. The van der Waals surface area contributed by atoms with E-state index in [9.17, 15) is 14.0 Å². The van der Waals surface area contributed by atoms with Crippen LogP contribution in [0.25, 0.3) is 10.9 Å². The molecule has 0 saturated carbocycles. The Morgan fingerprint density at radius 2 is 2.27 bits per heavy atom. The lowest BCUT2D eigenvalue weighted by Crippen LogP contribution is -2.04. The quantitative estimate of drug-likeness (QED) is 0.601. The van der Waals surface area contributed by atoms with E-state index < -0.39 is 12.8 Å². The number of hydrogen-bond donors (Lipinski definition) is 2. The second-order valence-corrected chi connectivity index (χ2v) is 6.39. The predicted molar refractivity (Wildman–Crippen MR) is 95.8 cm³/mol. The lowest BCUT2D eigenvalue weighted by atomic mass is 10.1. The molecule has 0 aliphatic carbocycles. The fourth-order valence-electron chi connectivity index (χ4n) is 2.37. The first-order valence-corrected chi connectivity index (χ1v) is 8.53. The molecule has 2 N–H and O–H groups in total. The molecule has 0 fully saturated rings. The number of fused-ring (bicyclic) bond motifs is 1. The number of halogens is 3. The van der Waals surface area contributed by atoms with Crippen LogP contribution in [0.3, 0.4) is 0 Å². The number of H-pyrrole nitrogens is 1. The number of methoxy groups -OCH3 is 1. The standard InChI is InChI=1S/C16H12ClF2N5OS/c1-25-15-8(4-13(18)19)6-22-16(23-15)24-26-12-7-21-14-9(12)2-3-11(17)10(14)5-20/h2-3,6-7,13,21H,4H2,1H3,(H,22,23,24). The zero-order chi connectivity index (χ0) is 18.7. The van der Waals surface area contributed by atoms with E-state index in [2.05, 4.69) is 25.7 Å². The Balaban J connectivity index is 1.81. The molecule has 0 radical (unpaired) electrons. The van der Waals surface area contributed by atoms with Crippen LogP contribution in [0, 0.1) is 11.3 Å². The van der Waals surface area contributed by atoms with E-state index in [1.165, 1.54) is 25.3 Å². The lowest BCUT2D eigenvalue weighted by Gasteiger charge is -2.09. The molecule has 2 aromatic heterocycles. The molecule has 2 heterocycles. The van der Waals surface area contributed by atoms with Gasteiger partial charge in [-0.05, 0) is 18.0 Å².